The lowest BCUT2D eigenvalue weighted by Crippen LogP contribution is -2.30. The van der Waals surface area contributed by atoms with Crippen LogP contribution >= 0.6 is 11.3 Å². The Morgan fingerprint density at radius 1 is 1.20 bits per heavy atom. The summed E-state index contributed by atoms with van der Waals surface area (Å²) in [5, 5.41) is 3.25. The molecule has 0 saturated heterocycles. The number of carbonyl (C=O) groups is 3. The zero-order valence-electron chi connectivity index (χ0n) is 15.0. The summed E-state index contributed by atoms with van der Waals surface area (Å²) in [7, 11) is 0. The van der Waals surface area contributed by atoms with Crippen LogP contribution in [-0.4, -0.2) is 30.6 Å². The highest BCUT2D eigenvalue weighted by Crippen LogP contribution is 2.38. The molecule has 0 fully saturated rings. The predicted molar refractivity (Wildman–Crippen MR) is 96.0 cm³/mol. The molecule has 25 heavy (non-hydrogen) atoms. The molecule has 1 N–H and O–H groups in total. The molecule has 1 unspecified atom stereocenters. The summed E-state index contributed by atoms with van der Waals surface area (Å²) >= 11 is 1.42. The van der Waals surface area contributed by atoms with Crippen molar-refractivity contribution in [1.29, 1.82) is 0 Å². The average molecular weight is 367 g/mol. The predicted octanol–water partition coefficient (Wildman–Crippen LogP) is 3.47. The topological polar surface area (TPSA) is 81.7 Å². The Bertz CT molecular complexity index is 652. The van der Waals surface area contributed by atoms with Gasteiger partial charge in [-0.05, 0) is 51.5 Å². The van der Waals surface area contributed by atoms with Gasteiger partial charge in [-0.2, -0.15) is 0 Å². The van der Waals surface area contributed by atoms with Crippen LogP contribution in [0.4, 0.5) is 5.00 Å². The molecule has 6 nitrogen and oxygen atoms in total. The fourth-order valence-electron chi connectivity index (χ4n) is 2.80. The maximum atomic E-state index is 12.4. The van der Waals surface area contributed by atoms with E-state index in [4.69, 9.17) is 9.47 Å². The lowest BCUT2D eigenvalue weighted by Gasteiger charge is -2.14. The Kier molecular flexibility index (Phi) is 6.99. The number of fused-ring (bicyclic) bond motifs is 1. The van der Waals surface area contributed by atoms with E-state index in [-0.39, 0.29) is 13.0 Å². The molecule has 1 amide bonds. The number of aryl methyl sites for hydroxylation is 1. The van der Waals surface area contributed by atoms with Crippen molar-refractivity contribution in [2.75, 3.05) is 11.9 Å². The van der Waals surface area contributed by atoms with E-state index in [9.17, 15) is 14.4 Å². The van der Waals surface area contributed by atoms with Gasteiger partial charge in [0.05, 0.1) is 12.2 Å². The number of nitrogens with one attached hydrogen (secondary N) is 1. The first kappa shape index (κ1) is 19.4. The van der Waals surface area contributed by atoms with Crippen molar-refractivity contribution < 1.29 is 23.9 Å². The van der Waals surface area contributed by atoms with Crippen LogP contribution in [0.1, 0.15) is 67.3 Å². The van der Waals surface area contributed by atoms with Gasteiger partial charge in [-0.15, -0.1) is 11.3 Å². The molecule has 1 aromatic heterocycles. The van der Waals surface area contributed by atoms with E-state index < -0.39 is 23.9 Å². The fourth-order valence-corrected chi connectivity index (χ4v) is 4.08. The summed E-state index contributed by atoms with van der Waals surface area (Å²) < 4.78 is 10.3. The summed E-state index contributed by atoms with van der Waals surface area (Å²) in [4.78, 5) is 37.4. The van der Waals surface area contributed by atoms with Gasteiger partial charge in [0.1, 0.15) is 5.00 Å². The van der Waals surface area contributed by atoms with E-state index in [1.54, 1.807) is 6.92 Å². The third-order valence-corrected chi connectivity index (χ3v) is 5.23. The van der Waals surface area contributed by atoms with Crippen molar-refractivity contribution in [1.82, 2.24) is 0 Å². The van der Waals surface area contributed by atoms with E-state index in [1.807, 2.05) is 6.92 Å². The van der Waals surface area contributed by atoms with Gasteiger partial charge < -0.3 is 14.8 Å². The molecule has 2 rings (SSSR count). The van der Waals surface area contributed by atoms with E-state index in [0.717, 1.165) is 36.1 Å². The second kappa shape index (κ2) is 8.99. The van der Waals surface area contributed by atoms with Crippen LogP contribution in [0.25, 0.3) is 0 Å². The highest BCUT2D eigenvalue weighted by molar-refractivity contribution is 7.17. The maximum absolute atomic E-state index is 12.4. The first-order valence-corrected chi connectivity index (χ1v) is 9.61. The summed E-state index contributed by atoms with van der Waals surface area (Å²) in [6.07, 6.45) is 3.85. The number of hydrogen-bond donors (Lipinski definition) is 1. The van der Waals surface area contributed by atoms with E-state index >= 15 is 0 Å². The Hall–Kier alpha value is -1.89. The summed E-state index contributed by atoms with van der Waals surface area (Å²) in [6.45, 7) is 5.43. The van der Waals surface area contributed by atoms with E-state index in [2.05, 4.69) is 5.32 Å². The van der Waals surface area contributed by atoms with Gasteiger partial charge in [0.2, 0.25) is 0 Å². The summed E-state index contributed by atoms with van der Waals surface area (Å²) in [6, 6.07) is 0. The van der Waals surface area contributed by atoms with Crippen molar-refractivity contribution in [2.24, 2.45) is 0 Å². The van der Waals surface area contributed by atoms with Gasteiger partial charge in [-0.3, -0.25) is 9.59 Å². The van der Waals surface area contributed by atoms with Gasteiger partial charge in [-0.25, -0.2) is 4.79 Å². The maximum Gasteiger partial charge on any atom is 0.341 e. The largest absolute Gasteiger partial charge is 0.462 e. The molecular formula is C18H25NO5S. The number of carbonyl (C=O) groups excluding carboxylic acids is 3. The summed E-state index contributed by atoms with van der Waals surface area (Å²) in [5.74, 6) is -1.25. The van der Waals surface area contributed by atoms with Crippen LogP contribution in [0.3, 0.4) is 0 Å². The van der Waals surface area contributed by atoms with E-state index in [0.29, 0.717) is 17.0 Å². The second-order valence-electron chi connectivity index (χ2n) is 6.01. The van der Waals surface area contributed by atoms with Crippen LogP contribution in [-0.2, 0) is 31.9 Å². The number of amides is 1. The third-order valence-electron chi connectivity index (χ3n) is 4.02. The number of thiophene rings is 1. The first-order chi connectivity index (χ1) is 12.0. The Labute approximate surface area is 151 Å². The zero-order chi connectivity index (χ0) is 18.4. The van der Waals surface area contributed by atoms with Crippen molar-refractivity contribution in [3.05, 3.63) is 16.0 Å². The molecule has 0 radical (unpaired) electrons. The smallest absolute Gasteiger partial charge is 0.341 e. The standard InChI is InChI=1S/C18H25NO5S/c1-4-8-14(20)24-11(3)16(21)19-17-15(18(22)23-5-2)12-9-6-7-10-13(12)25-17/h11H,4-10H2,1-3H3,(H,19,21). The minimum absolute atomic E-state index is 0.277. The molecule has 1 aromatic rings. The molecule has 0 aliphatic heterocycles. The monoisotopic (exact) mass is 367 g/mol. The van der Waals surface area contributed by atoms with Crippen molar-refractivity contribution >= 4 is 34.2 Å². The zero-order valence-corrected chi connectivity index (χ0v) is 15.8. The fraction of sp³-hybridized carbons (Fsp3) is 0.611. The Morgan fingerprint density at radius 3 is 2.60 bits per heavy atom. The second-order valence-corrected chi connectivity index (χ2v) is 7.11. The van der Waals surface area contributed by atoms with Crippen LogP contribution in [0.2, 0.25) is 0 Å². The minimum Gasteiger partial charge on any atom is -0.462 e. The highest BCUT2D eigenvalue weighted by Gasteiger charge is 2.28. The van der Waals surface area contributed by atoms with Gasteiger partial charge in [0.25, 0.3) is 5.91 Å². The molecule has 1 aliphatic rings. The summed E-state index contributed by atoms with van der Waals surface area (Å²) in [5.41, 5.74) is 1.45. The first-order valence-electron chi connectivity index (χ1n) is 8.79. The SMILES string of the molecule is CCCC(=O)OC(C)C(=O)Nc1sc2c(c1C(=O)OCC)CCCC2. The molecule has 0 bridgehead atoms. The minimum atomic E-state index is -0.909. The molecule has 1 heterocycles. The van der Waals surface area contributed by atoms with Gasteiger partial charge in [0.15, 0.2) is 6.10 Å². The van der Waals surface area contributed by atoms with Crippen LogP contribution in [0.5, 0.6) is 0 Å². The molecule has 138 valence electrons. The molecular weight excluding hydrogens is 342 g/mol. The molecule has 0 aromatic carbocycles. The Balaban J connectivity index is 2.17. The average Bonchev–Trinajstić information content (AvgIpc) is 2.92. The van der Waals surface area contributed by atoms with Crippen molar-refractivity contribution in [2.45, 2.75) is 65.4 Å². The number of hydrogen-bond acceptors (Lipinski definition) is 6. The van der Waals surface area contributed by atoms with Gasteiger partial charge in [-0.1, -0.05) is 6.92 Å². The molecule has 1 atom stereocenters. The van der Waals surface area contributed by atoms with Crippen molar-refractivity contribution in [3.8, 4) is 0 Å². The van der Waals surface area contributed by atoms with Gasteiger partial charge in [0, 0.05) is 11.3 Å². The number of esters is 2. The molecule has 7 heteroatoms. The lowest BCUT2D eigenvalue weighted by atomic mass is 9.95. The number of ether oxygens (including phenoxy) is 2. The molecule has 1 aliphatic carbocycles. The quantitative estimate of drug-likeness (QED) is 0.746. The third kappa shape index (κ3) is 4.81. The van der Waals surface area contributed by atoms with E-state index in [1.165, 1.54) is 18.3 Å². The van der Waals surface area contributed by atoms with Crippen LogP contribution in [0.15, 0.2) is 0 Å². The number of anilines is 1. The highest BCUT2D eigenvalue weighted by atomic mass is 32.1. The molecule has 0 saturated carbocycles. The number of rotatable bonds is 7. The normalized spacial score (nSPS) is 14.4. The van der Waals surface area contributed by atoms with Crippen LogP contribution < -0.4 is 5.32 Å². The lowest BCUT2D eigenvalue weighted by molar-refractivity contribution is -0.153. The van der Waals surface area contributed by atoms with Crippen LogP contribution in [0, 0.1) is 0 Å². The Morgan fingerprint density at radius 2 is 1.92 bits per heavy atom. The molecule has 0 spiro atoms. The van der Waals surface area contributed by atoms with Crippen molar-refractivity contribution in [3.63, 3.8) is 0 Å². The van der Waals surface area contributed by atoms with Gasteiger partial charge >= 0.3 is 11.9 Å².